The van der Waals surface area contributed by atoms with Crippen LogP contribution < -0.4 is 28.2 Å². The Bertz CT molecular complexity index is 538. The van der Waals surface area contributed by atoms with Crippen LogP contribution in [0.3, 0.4) is 0 Å². The molecule has 0 aliphatic heterocycles. The number of nitrogens with one attached hydrogen (secondary N) is 2. The van der Waals surface area contributed by atoms with E-state index in [2.05, 4.69) is 20.8 Å². The molecule has 0 saturated carbocycles. The van der Waals surface area contributed by atoms with E-state index < -0.39 is 11.9 Å². The maximum atomic E-state index is 10.9. The zero-order chi connectivity index (χ0) is 19.5. The van der Waals surface area contributed by atoms with E-state index in [0.29, 0.717) is 6.54 Å². The molecule has 0 aromatic carbocycles. The molecule has 1 aromatic rings. The van der Waals surface area contributed by atoms with E-state index in [0.717, 1.165) is 12.4 Å². The maximum Gasteiger partial charge on any atom is 0.307 e. The monoisotopic (exact) mass is 353 g/mol. The molecule has 142 valence electrons. The van der Waals surface area contributed by atoms with E-state index in [-0.39, 0.29) is 17.7 Å². The number of carboxylic acids is 1. The number of carboxylic acid groups (broad SMARTS) is 1. The van der Waals surface area contributed by atoms with Crippen molar-refractivity contribution >= 4 is 17.6 Å². The second kappa shape index (κ2) is 11.2. The number of pyridine rings is 1. The minimum absolute atomic E-state index is 0.200. The van der Waals surface area contributed by atoms with Gasteiger partial charge in [-0.3, -0.25) is 4.79 Å². The molecule has 0 saturated heterocycles. The molecule has 1 unspecified atom stereocenters. The molecule has 1 aromatic heterocycles. The minimum Gasteiger partial charge on any atom is -0.481 e. The van der Waals surface area contributed by atoms with Crippen molar-refractivity contribution in [3.8, 4) is 0 Å². The van der Waals surface area contributed by atoms with E-state index >= 15 is 0 Å². The third kappa shape index (κ3) is 9.48. The summed E-state index contributed by atoms with van der Waals surface area (Å²) in [5, 5.41) is 15.4. The standard InChI is InChI=1S/C8H18N4O2.C8H13N3/c1-8(2,3)5(7(13)14)4-6(11-9)12-10;1-7-2-3-8(11-6-7)10-5-4-9/h5H,4,9-10H2,1-3H3,(H,11,12)(H,13,14);2-3,6H,4-5,9H2,1H3,(H,10,11). The summed E-state index contributed by atoms with van der Waals surface area (Å²) in [6, 6.07) is 3.97. The average molecular weight is 353 g/mol. The van der Waals surface area contributed by atoms with Crippen LogP contribution in [-0.4, -0.2) is 35.0 Å². The lowest BCUT2D eigenvalue weighted by atomic mass is 9.78. The number of hydrogen-bond acceptors (Lipinski definition) is 7. The Morgan fingerprint density at radius 2 is 2.04 bits per heavy atom. The first-order valence-corrected chi connectivity index (χ1v) is 7.98. The van der Waals surface area contributed by atoms with Crippen LogP contribution in [-0.2, 0) is 4.79 Å². The summed E-state index contributed by atoms with van der Waals surface area (Å²) >= 11 is 0. The molecule has 1 heterocycles. The number of hydrazine groups is 1. The van der Waals surface area contributed by atoms with Gasteiger partial charge < -0.3 is 27.4 Å². The van der Waals surface area contributed by atoms with Gasteiger partial charge in [0.05, 0.1) is 5.92 Å². The van der Waals surface area contributed by atoms with Crippen LogP contribution in [0.2, 0.25) is 0 Å². The summed E-state index contributed by atoms with van der Waals surface area (Å²) in [5.41, 5.74) is 8.39. The normalized spacial score (nSPS) is 12.6. The number of amidine groups is 1. The Labute approximate surface area is 149 Å². The Morgan fingerprint density at radius 1 is 1.40 bits per heavy atom. The second-order valence-corrected chi connectivity index (χ2v) is 6.62. The topological polar surface area (TPSA) is 165 Å². The first-order chi connectivity index (χ1) is 11.6. The summed E-state index contributed by atoms with van der Waals surface area (Å²) in [6.45, 7) is 8.95. The van der Waals surface area contributed by atoms with Crippen LogP contribution >= 0.6 is 0 Å². The van der Waals surface area contributed by atoms with E-state index in [4.69, 9.17) is 22.5 Å². The highest BCUT2D eigenvalue weighted by Gasteiger charge is 2.32. The van der Waals surface area contributed by atoms with Gasteiger partial charge >= 0.3 is 5.97 Å². The van der Waals surface area contributed by atoms with E-state index in [1.807, 2.05) is 46.0 Å². The molecular formula is C16H31N7O2. The Morgan fingerprint density at radius 3 is 2.40 bits per heavy atom. The number of aliphatic carboxylic acids is 1. The molecule has 9 nitrogen and oxygen atoms in total. The molecule has 9 heteroatoms. The van der Waals surface area contributed by atoms with Gasteiger partial charge in [0.2, 0.25) is 0 Å². The van der Waals surface area contributed by atoms with Crippen molar-refractivity contribution in [3.05, 3.63) is 23.9 Å². The van der Waals surface area contributed by atoms with Gasteiger partial charge in [-0.15, -0.1) is 0 Å². The van der Waals surface area contributed by atoms with Gasteiger partial charge in [0, 0.05) is 25.7 Å². The highest BCUT2D eigenvalue weighted by atomic mass is 16.4. The van der Waals surface area contributed by atoms with Crippen LogP contribution in [0.25, 0.3) is 0 Å². The lowest BCUT2D eigenvalue weighted by Crippen LogP contribution is -2.38. The van der Waals surface area contributed by atoms with Crippen LogP contribution in [0.5, 0.6) is 0 Å². The van der Waals surface area contributed by atoms with Crippen LogP contribution in [0, 0.1) is 18.3 Å². The van der Waals surface area contributed by atoms with E-state index in [9.17, 15) is 4.79 Å². The molecule has 0 amide bonds. The highest BCUT2D eigenvalue weighted by Crippen LogP contribution is 2.28. The molecule has 0 radical (unpaired) electrons. The Hall–Kier alpha value is -2.39. The second-order valence-electron chi connectivity index (χ2n) is 6.62. The molecule has 25 heavy (non-hydrogen) atoms. The predicted octanol–water partition coefficient (Wildman–Crippen LogP) is 0.620. The highest BCUT2D eigenvalue weighted by molar-refractivity contribution is 5.86. The number of nitrogens with zero attached hydrogens (tertiary/aromatic N) is 2. The number of carbonyl (C=O) groups is 1. The largest absolute Gasteiger partial charge is 0.481 e. The molecular weight excluding hydrogens is 322 g/mol. The fourth-order valence-electron chi connectivity index (χ4n) is 1.88. The van der Waals surface area contributed by atoms with Gasteiger partial charge in [-0.25, -0.2) is 10.8 Å². The quantitative estimate of drug-likeness (QED) is 0.187. The molecule has 0 aliphatic carbocycles. The summed E-state index contributed by atoms with van der Waals surface area (Å²) < 4.78 is 0. The number of aromatic nitrogens is 1. The van der Waals surface area contributed by atoms with Crippen molar-refractivity contribution in [2.75, 3.05) is 18.4 Å². The number of hydrogen-bond donors (Lipinski definition) is 6. The number of nitrogens with two attached hydrogens (primary N) is 3. The number of anilines is 1. The summed E-state index contributed by atoms with van der Waals surface area (Å²) in [6.07, 6.45) is 2.03. The van der Waals surface area contributed by atoms with Crippen molar-refractivity contribution in [3.63, 3.8) is 0 Å². The molecule has 0 spiro atoms. The number of hydrazone groups is 1. The van der Waals surface area contributed by atoms with Gasteiger partial charge in [-0.05, 0) is 24.0 Å². The summed E-state index contributed by atoms with van der Waals surface area (Å²) in [5.74, 6) is 9.87. The summed E-state index contributed by atoms with van der Waals surface area (Å²) in [7, 11) is 0. The number of aryl methyl sites for hydroxylation is 1. The van der Waals surface area contributed by atoms with Gasteiger partial charge in [-0.1, -0.05) is 26.8 Å². The van der Waals surface area contributed by atoms with Crippen molar-refractivity contribution in [1.82, 2.24) is 10.4 Å². The first kappa shape index (κ1) is 22.6. The lowest BCUT2D eigenvalue weighted by Gasteiger charge is -2.26. The van der Waals surface area contributed by atoms with Crippen molar-refractivity contribution in [2.45, 2.75) is 34.1 Å². The van der Waals surface area contributed by atoms with Crippen molar-refractivity contribution in [1.29, 1.82) is 0 Å². The summed E-state index contributed by atoms with van der Waals surface area (Å²) in [4.78, 5) is 15.1. The molecule has 1 rings (SSSR count). The minimum atomic E-state index is -0.881. The third-order valence-corrected chi connectivity index (χ3v) is 3.43. The zero-order valence-corrected chi connectivity index (χ0v) is 15.4. The van der Waals surface area contributed by atoms with Crippen LogP contribution in [0.4, 0.5) is 5.82 Å². The Kier molecular flexibility index (Phi) is 10.1. The third-order valence-electron chi connectivity index (χ3n) is 3.43. The van der Waals surface area contributed by atoms with Gasteiger partial charge in [0.15, 0.2) is 0 Å². The maximum absolute atomic E-state index is 10.9. The van der Waals surface area contributed by atoms with E-state index in [1.54, 1.807) is 0 Å². The molecule has 9 N–H and O–H groups in total. The number of rotatable bonds is 6. The van der Waals surface area contributed by atoms with Gasteiger partial charge in [0.25, 0.3) is 0 Å². The Balaban J connectivity index is 0.000000472. The SMILES string of the molecule is CC(C)(C)C(C/C(=N/N)NN)C(=O)O.Cc1ccc(NCCN)nc1. The first-order valence-electron chi connectivity index (χ1n) is 7.98. The average Bonchev–Trinajstić information content (AvgIpc) is 2.54. The van der Waals surface area contributed by atoms with Crippen molar-refractivity contribution < 1.29 is 9.90 Å². The molecule has 0 bridgehead atoms. The van der Waals surface area contributed by atoms with Gasteiger partial charge in [-0.2, -0.15) is 5.10 Å². The molecule has 1 atom stereocenters. The van der Waals surface area contributed by atoms with Crippen LogP contribution in [0.15, 0.2) is 23.4 Å². The van der Waals surface area contributed by atoms with Crippen molar-refractivity contribution in [2.24, 2.45) is 33.9 Å². The zero-order valence-electron chi connectivity index (χ0n) is 15.4. The van der Waals surface area contributed by atoms with Gasteiger partial charge in [0.1, 0.15) is 11.7 Å². The van der Waals surface area contributed by atoms with Crippen LogP contribution in [0.1, 0.15) is 32.8 Å². The fraction of sp³-hybridized carbons (Fsp3) is 0.562. The predicted molar refractivity (Wildman–Crippen MR) is 101 cm³/mol. The molecule has 0 fully saturated rings. The molecule has 0 aliphatic rings. The van der Waals surface area contributed by atoms with E-state index in [1.165, 1.54) is 5.56 Å². The smallest absolute Gasteiger partial charge is 0.307 e. The fourth-order valence-corrected chi connectivity index (χ4v) is 1.88. The lowest BCUT2D eigenvalue weighted by molar-refractivity contribution is -0.145.